The summed E-state index contributed by atoms with van der Waals surface area (Å²) in [4.78, 5) is 0. The van der Waals surface area contributed by atoms with Gasteiger partial charge in [-0.15, -0.1) is 0 Å². The van der Waals surface area contributed by atoms with E-state index in [1.54, 1.807) is 14.2 Å². The molecule has 0 bridgehead atoms. The second-order valence-corrected chi connectivity index (χ2v) is 5.85. The summed E-state index contributed by atoms with van der Waals surface area (Å²) in [6.07, 6.45) is 5.38. The topological polar surface area (TPSA) is 53.7 Å². The lowest BCUT2D eigenvalue weighted by atomic mass is 9.75. The van der Waals surface area contributed by atoms with Crippen LogP contribution in [-0.4, -0.2) is 25.9 Å². The van der Waals surface area contributed by atoms with Crippen molar-refractivity contribution in [1.29, 1.82) is 0 Å². The molecule has 4 nitrogen and oxygen atoms in total. The van der Waals surface area contributed by atoms with Crippen LogP contribution in [0.4, 0.5) is 0 Å². The summed E-state index contributed by atoms with van der Waals surface area (Å²) in [5.41, 5.74) is 7.18. The van der Waals surface area contributed by atoms with Crippen LogP contribution < -0.4 is 15.2 Å². The molecule has 0 aromatic heterocycles. The van der Waals surface area contributed by atoms with Crippen molar-refractivity contribution in [3.63, 3.8) is 0 Å². The minimum absolute atomic E-state index is 0.000376. The Bertz CT molecular complexity index is 491. The van der Waals surface area contributed by atoms with Crippen molar-refractivity contribution in [2.75, 3.05) is 14.2 Å². The predicted octanol–water partition coefficient (Wildman–Crippen LogP) is 2.81. The third-order valence-corrected chi connectivity index (χ3v) is 4.69. The average Bonchev–Trinajstić information content (AvgIpc) is 2.47. The highest BCUT2D eigenvalue weighted by Crippen LogP contribution is 2.47. The summed E-state index contributed by atoms with van der Waals surface area (Å²) in [6.45, 7) is 0. The fourth-order valence-electron chi connectivity index (χ4n) is 3.64. The van der Waals surface area contributed by atoms with Crippen molar-refractivity contribution in [2.24, 2.45) is 5.73 Å². The average molecular weight is 277 g/mol. The Labute approximate surface area is 120 Å². The van der Waals surface area contributed by atoms with E-state index < -0.39 is 0 Å². The van der Waals surface area contributed by atoms with Crippen molar-refractivity contribution in [3.8, 4) is 11.5 Å². The Hall–Kier alpha value is -1.26. The van der Waals surface area contributed by atoms with Crippen LogP contribution in [-0.2, 0) is 4.74 Å². The maximum Gasteiger partial charge on any atom is 0.137 e. The molecule has 20 heavy (non-hydrogen) atoms. The van der Waals surface area contributed by atoms with Gasteiger partial charge in [0.25, 0.3) is 0 Å². The zero-order chi connectivity index (χ0) is 14.2. The Balaban J connectivity index is 1.97. The number of methoxy groups -OCH3 is 2. The molecule has 4 heteroatoms. The van der Waals surface area contributed by atoms with Gasteiger partial charge in [0.1, 0.15) is 17.1 Å². The summed E-state index contributed by atoms with van der Waals surface area (Å²) in [5.74, 6) is 1.66. The molecule has 1 aliphatic heterocycles. The van der Waals surface area contributed by atoms with Crippen LogP contribution in [0.1, 0.15) is 43.7 Å². The fraction of sp³-hybridized carbons (Fsp3) is 0.625. The van der Waals surface area contributed by atoms with E-state index in [1.165, 1.54) is 12.8 Å². The van der Waals surface area contributed by atoms with Crippen LogP contribution >= 0.6 is 0 Å². The number of ether oxygens (including phenoxy) is 3. The molecule has 2 unspecified atom stereocenters. The molecule has 0 radical (unpaired) electrons. The first-order valence-corrected chi connectivity index (χ1v) is 7.34. The zero-order valence-electron chi connectivity index (χ0n) is 12.2. The van der Waals surface area contributed by atoms with Crippen LogP contribution in [0.25, 0.3) is 0 Å². The van der Waals surface area contributed by atoms with Gasteiger partial charge in [-0.1, -0.05) is 12.5 Å². The highest BCUT2D eigenvalue weighted by Gasteiger charge is 2.47. The van der Waals surface area contributed by atoms with Gasteiger partial charge in [-0.2, -0.15) is 0 Å². The van der Waals surface area contributed by atoms with E-state index >= 15 is 0 Å². The smallest absolute Gasteiger partial charge is 0.137 e. The number of fused-ring (bicyclic) bond motifs is 1. The number of benzene rings is 1. The summed E-state index contributed by atoms with van der Waals surface area (Å²) < 4.78 is 17.4. The molecule has 1 spiro atoms. The molecule has 3 atom stereocenters. The lowest BCUT2D eigenvalue weighted by molar-refractivity contribution is -0.114. The quantitative estimate of drug-likeness (QED) is 0.903. The summed E-state index contributed by atoms with van der Waals surface area (Å²) >= 11 is 0. The van der Waals surface area contributed by atoms with Gasteiger partial charge in [-0.25, -0.2) is 0 Å². The molecule has 1 fully saturated rings. The number of hydrogen-bond donors (Lipinski definition) is 1. The standard InChI is InChI=1S/C16H23NO3/c1-18-11-6-7-12-13(17)10-16(20-14(12)9-11)8-4-3-5-15(16)19-2/h6-7,9,13,15H,3-5,8,10,17H2,1-2H3/t13-,15?,16?/m0/s1. The molecule has 0 saturated heterocycles. The second-order valence-electron chi connectivity index (χ2n) is 5.85. The van der Waals surface area contributed by atoms with Gasteiger partial charge in [0.2, 0.25) is 0 Å². The highest BCUT2D eigenvalue weighted by atomic mass is 16.5. The minimum Gasteiger partial charge on any atom is -0.497 e. The molecule has 0 amide bonds. The molecular weight excluding hydrogens is 254 g/mol. The van der Waals surface area contributed by atoms with E-state index in [9.17, 15) is 0 Å². The molecule has 1 aromatic rings. The third-order valence-electron chi connectivity index (χ3n) is 4.69. The Kier molecular flexibility index (Phi) is 3.61. The van der Waals surface area contributed by atoms with Crippen LogP contribution in [0.5, 0.6) is 11.5 Å². The first-order valence-electron chi connectivity index (χ1n) is 7.34. The third kappa shape index (κ3) is 2.17. The Morgan fingerprint density at radius 1 is 1.30 bits per heavy atom. The van der Waals surface area contributed by atoms with Gasteiger partial charge in [-0.05, 0) is 25.3 Å². The van der Waals surface area contributed by atoms with Gasteiger partial charge >= 0.3 is 0 Å². The SMILES string of the molecule is COc1ccc2c(c1)OC1(CCCCC1OC)C[C@@H]2N. The molecule has 1 heterocycles. The fourth-order valence-corrected chi connectivity index (χ4v) is 3.64. The van der Waals surface area contributed by atoms with E-state index in [-0.39, 0.29) is 17.7 Å². The number of hydrogen-bond acceptors (Lipinski definition) is 4. The van der Waals surface area contributed by atoms with Gasteiger partial charge in [0.15, 0.2) is 0 Å². The molecule has 2 aliphatic rings. The molecule has 110 valence electrons. The molecule has 1 saturated carbocycles. The first kappa shape index (κ1) is 13.7. The largest absolute Gasteiger partial charge is 0.497 e. The maximum atomic E-state index is 6.39. The van der Waals surface area contributed by atoms with Crippen LogP contribution in [0.15, 0.2) is 18.2 Å². The normalized spacial score (nSPS) is 32.5. The van der Waals surface area contributed by atoms with Crippen molar-refractivity contribution < 1.29 is 14.2 Å². The highest BCUT2D eigenvalue weighted by molar-refractivity contribution is 5.44. The van der Waals surface area contributed by atoms with Crippen molar-refractivity contribution in [2.45, 2.75) is 49.9 Å². The van der Waals surface area contributed by atoms with Crippen LogP contribution in [0, 0.1) is 0 Å². The second kappa shape index (κ2) is 5.26. The molecule has 3 rings (SSSR count). The Morgan fingerprint density at radius 3 is 2.90 bits per heavy atom. The zero-order valence-corrected chi connectivity index (χ0v) is 12.2. The number of rotatable bonds is 2. The van der Waals surface area contributed by atoms with Gasteiger partial charge in [-0.3, -0.25) is 0 Å². The Morgan fingerprint density at radius 2 is 2.15 bits per heavy atom. The monoisotopic (exact) mass is 277 g/mol. The summed E-state index contributed by atoms with van der Waals surface area (Å²) in [7, 11) is 3.44. The van der Waals surface area contributed by atoms with E-state index in [0.29, 0.717) is 0 Å². The molecule has 2 N–H and O–H groups in total. The van der Waals surface area contributed by atoms with Crippen molar-refractivity contribution in [1.82, 2.24) is 0 Å². The molecular formula is C16H23NO3. The van der Waals surface area contributed by atoms with E-state index in [4.69, 9.17) is 19.9 Å². The molecule has 1 aliphatic carbocycles. The first-order chi connectivity index (χ1) is 9.68. The lowest BCUT2D eigenvalue weighted by Gasteiger charge is -2.47. The van der Waals surface area contributed by atoms with Crippen molar-refractivity contribution in [3.05, 3.63) is 23.8 Å². The van der Waals surface area contributed by atoms with Crippen molar-refractivity contribution >= 4 is 0 Å². The van der Waals surface area contributed by atoms with Gasteiger partial charge in [0.05, 0.1) is 13.2 Å². The maximum absolute atomic E-state index is 6.39. The van der Waals surface area contributed by atoms with Crippen LogP contribution in [0.3, 0.4) is 0 Å². The van der Waals surface area contributed by atoms with E-state index in [2.05, 4.69) is 0 Å². The summed E-state index contributed by atoms with van der Waals surface area (Å²) in [5, 5.41) is 0. The number of nitrogens with two attached hydrogens (primary N) is 1. The van der Waals surface area contributed by atoms with E-state index in [0.717, 1.165) is 36.3 Å². The minimum atomic E-state index is -0.272. The van der Waals surface area contributed by atoms with Gasteiger partial charge < -0.3 is 19.9 Å². The van der Waals surface area contributed by atoms with E-state index in [1.807, 2.05) is 18.2 Å². The van der Waals surface area contributed by atoms with Crippen LogP contribution in [0.2, 0.25) is 0 Å². The van der Waals surface area contributed by atoms with Gasteiger partial charge in [0, 0.05) is 31.2 Å². The summed E-state index contributed by atoms with van der Waals surface area (Å²) in [6, 6.07) is 5.89. The lowest BCUT2D eigenvalue weighted by Crippen LogP contribution is -2.54. The predicted molar refractivity (Wildman–Crippen MR) is 77.2 cm³/mol. The molecule has 1 aromatic carbocycles.